The van der Waals surface area contributed by atoms with E-state index in [1.54, 1.807) is 0 Å². The zero-order chi connectivity index (χ0) is 12.0. The van der Waals surface area contributed by atoms with E-state index in [0.29, 0.717) is 0 Å². The Bertz CT molecular complexity index is 296. The van der Waals surface area contributed by atoms with Crippen molar-refractivity contribution >= 4 is 8.32 Å². The standard InChI is InChI=1S/C13H22O2Si/c1-4-16(5-2,6-3)15-13-9-7-12(11-14)8-10-13/h7-10,14H,4-6,11H2,1-3H3. The summed E-state index contributed by atoms with van der Waals surface area (Å²) >= 11 is 0. The molecule has 0 aliphatic rings. The van der Waals surface area contributed by atoms with Gasteiger partial charge >= 0.3 is 0 Å². The normalized spacial score (nSPS) is 11.5. The van der Waals surface area contributed by atoms with Crippen LogP contribution in [0.4, 0.5) is 0 Å². The van der Waals surface area contributed by atoms with Gasteiger partial charge in [0.1, 0.15) is 5.75 Å². The first-order valence-corrected chi connectivity index (χ1v) is 8.61. The van der Waals surface area contributed by atoms with Crippen molar-refractivity contribution in [2.45, 2.75) is 45.5 Å². The fourth-order valence-corrected chi connectivity index (χ4v) is 4.45. The molecule has 0 unspecified atom stereocenters. The van der Waals surface area contributed by atoms with E-state index in [1.807, 2.05) is 24.3 Å². The largest absolute Gasteiger partial charge is 0.544 e. The summed E-state index contributed by atoms with van der Waals surface area (Å²) in [7, 11) is -1.55. The summed E-state index contributed by atoms with van der Waals surface area (Å²) in [5.41, 5.74) is 0.934. The van der Waals surface area contributed by atoms with Gasteiger partial charge in [0.2, 0.25) is 8.32 Å². The number of benzene rings is 1. The Morgan fingerprint density at radius 2 is 1.50 bits per heavy atom. The molecule has 0 bridgehead atoms. The van der Waals surface area contributed by atoms with Gasteiger partial charge in [0, 0.05) is 0 Å². The van der Waals surface area contributed by atoms with Gasteiger partial charge in [-0.15, -0.1) is 0 Å². The Kier molecular flexibility index (Phi) is 5.02. The quantitative estimate of drug-likeness (QED) is 0.768. The van der Waals surface area contributed by atoms with Crippen LogP contribution in [0.5, 0.6) is 5.75 Å². The van der Waals surface area contributed by atoms with Crippen molar-refractivity contribution < 1.29 is 9.53 Å². The van der Waals surface area contributed by atoms with Crippen molar-refractivity contribution in [1.29, 1.82) is 0 Å². The second-order valence-electron chi connectivity index (χ2n) is 4.15. The number of hydrogen-bond donors (Lipinski definition) is 1. The molecule has 3 heteroatoms. The van der Waals surface area contributed by atoms with E-state index in [2.05, 4.69) is 20.8 Å². The Morgan fingerprint density at radius 1 is 1.00 bits per heavy atom. The average Bonchev–Trinajstić information content (AvgIpc) is 2.37. The number of rotatable bonds is 6. The third kappa shape index (κ3) is 3.09. The summed E-state index contributed by atoms with van der Waals surface area (Å²) in [5.74, 6) is 0.953. The van der Waals surface area contributed by atoms with Crippen LogP contribution in [0.2, 0.25) is 18.1 Å². The number of aliphatic hydroxyl groups is 1. The molecule has 1 aromatic rings. The molecule has 0 atom stereocenters. The SMILES string of the molecule is CC[Si](CC)(CC)Oc1ccc(CO)cc1. The lowest BCUT2D eigenvalue weighted by Gasteiger charge is -2.29. The van der Waals surface area contributed by atoms with Crippen LogP contribution < -0.4 is 4.43 Å². The number of aliphatic hydroxyl groups excluding tert-OH is 1. The van der Waals surface area contributed by atoms with Crippen LogP contribution in [0, 0.1) is 0 Å². The van der Waals surface area contributed by atoms with E-state index in [9.17, 15) is 0 Å². The number of hydrogen-bond acceptors (Lipinski definition) is 2. The predicted molar refractivity (Wildman–Crippen MR) is 70.2 cm³/mol. The van der Waals surface area contributed by atoms with Gasteiger partial charge in [0.05, 0.1) is 6.61 Å². The van der Waals surface area contributed by atoms with Crippen molar-refractivity contribution in [1.82, 2.24) is 0 Å². The van der Waals surface area contributed by atoms with Crippen LogP contribution in [0.1, 0.15) is 26.3 Å². The van der Waals surface area contributed by atoms with Crippen LogP contribution in [0.25, 0.3) is 0 Å². The highest BCUT2D eigenvalue weighted by Crippen LogP contribution is 2.25. The highest BCUT2D eigenvalue weighted by molar-refractivity contribution is 6.74. The first-order chi connectivity index (χ1) is 7.69. The van der Waals surface area contributed by atoms with Crippen LogP contribution in [0.3, 0.4) is 0 Å². The lowest BCUT2D eigenvalue weighted by molar-refractivity contribution is 0.282. The summed E-state index contributed by atoms with van der Waals surface area (Å²) < 4.78 is 6.21. The molecule has 0 aliphatic heterocycles. The molecule has 0 saturated heterocycles. The second-order valence-corrected chi connectivity index (χ2v) is 8.84. The molecule has 0 saturated carbocycles. The molecule has 1 rings (SSSR count). The molecule has 1 N–H and O–H groups in total. The molecule has 0 heterocycles. The maximum atomic E-state index is 8.97. The zero-order valence-electron chi connectivity index (χ0n) is 10.5. The van der Waals surface area contributed by atoms with Crippen molar-refractivity contribution in [2.24, 2.45) is 0 Å². The lowest BCUT2D eigenvalue weighted by Crippen LogP contribution is -2.39. The molecular formula is C13H22O2Si. The van der Waals surface area contributed by atoms with E-state index in [0.717, 1.165) is 29.4 Å². The van der Waals surface area contributed by atoms with Crippen molar-refractivity contribution in [3.05, 3.63) is 29.8 Å². The van der Waals surface area contributed by atoms with Gasteiger partial charge in [-0.1, -0.05) is 32.9 Å². The van der Waals surface area contributed by atoms with Crippen molar-refractivity contribution in [3.8, 4) is 5.75 Å². The van der Waals surface area contributed by atoms with Gasteiger partial charge < -0.3 is 9.53 Å². The van der Waals surface area contributed by atoms with E-state index in [-0.39, 0.29) is 6.61 Å². The summed E-state index contributed by atoms with van der Waals surface area (Å²) in [6.45, 7) is 6.77. The summed E-state index contributed by atoms with van der Waals surface area (Å²) in [6, 6.07) is 11.2. The maximum absolute atomic E-state index is 8.97. The Labute approximate surface area is 99.4 Å². The third-order valence-electron chi connectivity index (χ3n) is 3.37. The molecular weight excluding hydrogens is 216 g/mol. The van der Waals surface area contributed by atoms with Crippen molar-refractivity contribution in [2.75, 3.05) is 0 Å². The average molecular weight is 238 g/mol. The second kappa shape index (κ2) is 6.06. The van der Waals surface area contributed by atoms with Crippen LogP contribution >= 0.6 is 0 Å². The minimum atomic E-state index is -1.55. The first-order valence-electron chi connectivity index (χ1n) is 6.08. The minimum Gasteiger partial charge on any atom is -0.544 e. The van der Waals surface area contributed by atoms with Crippen LogP contribution in [-0.2, 0) is 6.61 Å². The van der Waals surface area contributed by atoms with E-state index < -0.39 is 8.32 Å². The zero-order valence-corrected chi connectivity index (χ0v) is 11.5. The molecule has 16 heavy (non-hydrogen) atoms. The van der Waals surface area contributed by atoms with Crippen LogP contribution in [0.15, 0.2) is 24.3 Å². The van der Waals surface area contributed by atoms with E-state index in [4.69, 9.17) is 9.53 Å². The molecule has 2 nitrogen and oxygen atoms in total. The Hall–Kier alpha value is -0.803. The molecule has 0 radical (unpaired) electrons. The summed E-state index contributed by atoms with van der Waals surface area (Å²) in [6.07, 6.45) is 0. The summed E-state index contributed by atoms with van der Waals surface area (Å²) in [5, 5.41) is 8.97. The topological polar surface area (TPSA) is 29.5 Å². The maximum Gasteiger partial charge on any atom is 0.250 e. The fourth-order valence-electron chi connectivity index (χ4n) is 1.88. The third-order valence-corrected chi connectivity index (χ3v) is 7.91. The molecule has 0 aromatic heterocycles. The molecule has 0 aliphatic carbocycles. The molecule has 0 spiro atoms. The van der Waals surface area contributed by atoms with Gasteiger partial charge in [-0.2, -0.15) is 0 Å². The van der Waals surface area contributed by atoms with Crippen molar-refractivity contribution in [3.63, 3.8) is 0 Å². The monoisotopic (exact) mass is 238 g/mol. The van der Waals surface area contributed by atoms with Gasteiger partial charge in [-0.05, 0) is 35.8 Å². The van der Waals surface area contributed by atoms with Gasteiger partial charge in [0.25, 0.3) is 0 Å². The van der Waals surface area contributed by atoms with Gasteiger partial charge in [-0.3, -0.25) is 0 Å². The highest BCUT2D eigenvalue weighted by Gasteiger charge is 2.30. The van der Waals surface area contributed by atoms with E-state index in [1.165, 1.54) is 0 Å². The van der Waals surface area contributed by atoms with E-state index >= 15 is 0 Å². The Morgan fingerprint density at radius 3 is 1.88 bits per heavy atom. The molecule has 0 amide bonds. The van der Waals surface area contributed by atoms with Gasteiger partial charge in [-0.25, -0.2) is 0 Å². The highest BCUT2D eigenvalue weighted by atomic mass is 28.4. The van der Waals surface area contributed by atoms with Crippen LogP contribution in [-0.4, -0.2) is 13.4 Å². The minimum absolute atomic E-state index is 0.0954. The van der Waals surface area contributed by atoms with Gasteiger partial charge in [0.15, 0.2) is 0 Å². The molecule has 90 valence electrons. The summed E-state index contributed by atoms with van der Waals surface area (Å²) in [4.78, 5) is 0. The molecule has 1 aromatic carbocycles. The lowest BCUT2D eigenvalue weighted by atomic mass is 10.2. The Balaban J connectivity index is 2.77. The predicted octanol–water partition coefficient (Wildman–Crippen LogP) is 3.56. The molecule has 0 fully saturated rings. The smallest absolute Gasteiger partial charge is 0.250 e. The fraction of sp³-hybridized carbons (Fsp3) is 0.538. The first kappa shape index (κ1) is 13.3.